The first-order chi connectivity index (χ1) is 13.7. The number of aromatic amines is 1. The van der Waals surface area contributed by atoms with E-state index in [9.17, 15) is 13.2 Å². The number of carbonyl (C=O) groups is 1. The van der Waals surface area contributed by atoms with E-state index in [1.807, 2.05) is 32.0 Å². The topological polar surface area (TPSA) is 113 Å². The molecule has 152 valence electrons. The van der Waals surface area contributed by atoms with Gasteiger partial charge in [-0.3, -0.25) is 14.6 Å². The molecular weight excluding hydrogens is 392 g/mol. The average molecular weight is 414 g/mol. The van der Waals surface area contributed by atoms with E-state index in [1.54, 1.807) is 31.2 Å². The van der Waals surface area contributed by atoms with E-state index in [0.717, 1.165) is 11.1 Å². The Morgan fingerprint density at radius 1 is 1.07 bits per heavy atom. The fourth-order valence-electron chi connectivity index (χ4n) is 2.79. The minimum absolute atomic E-state index is 0.0353. The first-order valence-electron chi connectivity index (χ1n) is 8.81. The molecule has 0 spiro atoms. The van der Waals surface area contributed by atoms with E-state index < -0.39 is 15.9 Å². The van der Waals surface area contributed by atoms with Crippen LogP contribution < -0.4 is 14.8 Å². The molecule has 3 rings (SSSR count). The number of aryl methyl sites for hydroxylation is 3. The number of hydrogen-bond donors (Lipinski definition) is 3. The lowest BCUT2D eigenvalue weighted by Crippen LogP contribution is -2.20. The maximum Gasteiger partial charge on any atom is 0.282 e. The molecule has 8 nitrogen and oxygen atoms in total. The Bertz CT molecular complexity index is 1150. The number of methoxy groups -OCH3 is 1. The van der Waals surface area contributed by atoms with Gasteiger partial charge in [0.2, 0.25) is 5.03 Å². The number of hydrogen-bond acceptors (Lipinski definition) is 5. The predicted octanol–water partition coefficient (Wildman–Crippen LogP) is 3.40. The summed E-state index contributed by atoms with van der Waals surface area (Å²) >= 11 is 0. The van der Waals surface area contributed by atoms with Gasteiger partial charge in [0.05, 0.1) is 7.11 Å². The SMILES string of the molecule is COc1ccc(NS(=O)(=O)c2n[nH]c(C)c2C(=O)Nc2cc(C)ccc2C)cc1. The first-order valence-corrected chi connectivity index (χ1v) is 10.3. The Kier molecular flexibility index (Phi) is 5.60. The standard InChI is InChI=1S/C20H22N4O4S/c1-12-5-6-13(2)17(11-12)21-19(25)18-14(3)22-23-20(18)29(26,27)24-15-7-9-16(28-4)10-8-15/h5-11,24H,1-4H3,(H,21,25)(H,22,23). The molecule has 3 aromatic rings. The van der Waals surface area contributed by atoms with Gasteiger partial charge in [0.15, 0.2) is 0 Å². The predicted molar refractivity (Wildman–Crippen MR) is 111 cm³/mol. The summed E-state index contributed by atoms with van der Waals surface area (Å²) < 4.78 is 33.2. The smallest absolute Gasteiger partial charge is 0.282 e. The van der Waals surface area contributed by atoms with E-state index in [0.29, 0.717) is 22.8 Å². The number of nitrogens with one attached hydrogen (secondary N) is 3. The lowest BCUT2D eigenvalue weighted by Gasteiger charge is -2.11. The number of rotatable bonds is 6. The highest BCUT2D eigenvalue weighted by molar-refractivity contribution is 7.92. The molecule has 0 radical (unpaired) electrons. The summed E-state index contributed by atoms with van der Waals surface area (Å²) in [6.07, 6.45) is 0. The molecule has 0 saturated carbocycles. The fraction of sp³-hybridized carbons (Fsp3) is 0.200. The molecular formula is C20H22N4O4S. The molecule has 29 heavy (non-hydrogen) atoms. The van der Waals surface area contributed by atoms with Gasteiger partial charge in [0, 0.05) is 17.1 Å². The Labute approximate surface area is 169 Å². The van der Waals surface area contributed by atoms with E-state index in [2.05, 4.69) is 20.2 Å². The molecule has 0 saturated heterocycles. The molecule has 9 heteroatoms. The van der Waals surface area contributed by atoms with Crippen LogP contribution in [0.1, 0.15) is 27.2 Å². The number of anilines is 2. The molecule has 1 amide bonds. The van der Waals surface area contributed by atoms with Crippen LogP contribution in [0.2, 0.25) is 0 Å². The molecule has 0 aliphatic carbocycles. The number of aromatic nitrogens is 2. The third-order valence-electron chi connectivity index (χ3n) is 4.38. The zero-order valence-electron chi connectivity index (χ0n) is 16.5. The van der Waals surface area contributed by atoms with Crippen LogP contribution in [0.3, 0.4) is 0 Å². The van der Waals surface area contributed by atoms with Gasteiger partial charge in [0.1, 0.15) is 11.3 Å². The van der Waals surface area contributed by atoms with Crippen molar-refractivity contribution in [3.05, 3.63) is 64.8 Å². The Morgan fingerprint density at radius 3 is 2.41 bits per heavy atom. The molecule has 0 fully saturated rings. The molecule has 0 aliphatic heterocycles. The highest BCUT2D eigenvalue weighted by Crippen LogP contribution is 2.24. The second-order valence-electron chi connectivity index (χ2n) is 6.64. The molecule has 0 atom stereocenters. The number of nitrogens with zero attached hydrogens (tertiary/aromatic N) is 1. The van der Waals surface area contributed by atoms with Crippen LogP contribution in [-0.2, 0) is 10.0 Å². The second kappa shape index (κ2) is 7.96. The highest BCUT2D eigenvalue weighted by atomic mass is 32.2. The zero-order chi connectivity index (χ0) is 21.2. The first kappa shape index (κ1) is 20.4. The van der Waals surface area contributed by atoms with E-state index in [4.69, 9.17) is 4.74 Å². The van der Waals surface area contributed by atoms with Crippen molar-refractivity contribution >= 4 is 27.3 Å². The van der Waals surface area contributed by atoms with Crippen molar-refractivity contribution < 1.29 is 17.9 Å². The third-order valence-corrected chi connectivity index (χ3v) is 5.69. The molecule has 1 aromatic heterocycles. The normalized spacial score (nSPS) is 11.2. The van der Waals surface area contributed by atoms with Gasteiger partial charge in [-0.15, -0.1) is 0 Å². The van der Waals surface area contributed by atoms with Crippen LogP contribution >= 0.6 is 0 Å². The van der Waals surface area contributed by atoms with Crippen LogP contribution in [0.5, 0.6) is 5.75 Å². The maximum absolute atomic E-state index is 12.9. The summed E-state index contributed by atoms with van der Waals surface area (Å²) in [5.74, 6) is 0.0391. The average Bonchev–Trinajstić information content (AvgIpc) is 3.07. The molecule has 3 N–H and O–H groups in total. The molecule has 2 aromatic carbocycles. The van der Waals surface area contributed by atoms with Crippen molar-refractivity contribution in [2.45, 2.75) is 25.8 Å². The van der Waals surface area contributed by atoms with Gasteiger partial charge in [-0.05, 0) is 62.2 Å². The number of benzene rings is 2. The lowest BCUT2D eigenvalue weighted by atomic mass is 10.1. The molecule has 0 unspecified atom stereocenters. The highest BCUT2D eigenvalue weighted by Gasteiger charge is 2.28. The van der Waals surface area contributed by atoms with Crippen molar-refractivity contribution in [2.24, 2.45) is 0 Å². The van der Waals surface area contributed by atoms with Gasteiger partial charge >= 0.3 is 0 Å². The largest absolute Gasteiger partial charge is 0.497 e. The second-order valence-corrected chi connectivity index (χ2v) is 8.23. The summed E-state index contributed by atoms with van der Waals surface area (Å²) in [5, 5.41) is 8.86. The Morgan fingerprint density at radius 2 is 1.76 bits per heavy atom. The third kappa shape index (κ3) is 4.40. The van der Waals surface area contributed by atoms with E-state index in [-0.39, 0.29) is 10.6 Å². The van der Waals surface area contributed by atoms with Gasteiger partial charge in [-0.1, -0.05) is 12.1 Å². The molecule has 0 bridgehead atoms. The number of sulfonamides is 1. The van der Waals surface area contributed by atoms with Crippen molar-refractivity contribution in [1.82, 2.24) is 10.2 Å². The number of carbonyl (C=O) groups excluding carboxylic acids is 1. The summed E-state index contributed by atoms with van der Waals surface area (Å²) in [5.41, 5.74) is 3.10. The lowest BCUT2D eigenvalue weighted by molar-refractivity contribution is 0.102. The Hall–Kier alpha value is -3.33. The van der Waals surface area contributed by atoms with Crippen LogP contribution in [0.25, 0.3) is 0 Å². The van der Waals surface area contributed by atoms with Crippen molar-refractivity contribution in [3.8, 4) is 5.75 Å². The molecule has 0 aliphatic rings. The van der Waals surface area contributed by atoms with Crippen LogP contribution in [-0.4, -0.2) is 31.6 Å². The van der Waals surface area contributed by atoms with Gasteiger partial charge in [-0.25, -0.2) is 0 Å². The summed E-state index contributed by atoms with van der Waals surface area (Å²) in [6.45, 7) is 5.37. The summed E-state index contributed by atoms with van der Waals surface area (Å²) in [4.78, 5) is 12.9. The van der Waals surface area contributed by atoms with Crippen molar-refractivity contribution in [1.29, 1.82) is 0 Å². The minimum atomic E-state index is -4.09. The minimum Gasteiger partial charge on any atom is -0.497 e. The Balaban J connectivity index is 1.91. The van der Waals surface area contributed by atoms with Crippen LogP contribution in [0.15, 0.2) is 47.5 Å². The number of ether oxygens (including phenoxy) is 1. The van der Waals surface area contributed by atoms with Crippen LogP contribution in [0.4, 0.5) is 11.4 Å². The zero-order valence-corrected chi connectivity index (χ0v) is 17.3. The maximum atomic E-state index is 12.9. The van der Waals surface area contributed by atoms with Crippen molar-refractivity contribution in [3.63, 3.8) is 0 Å². The summed E-state index contributed by atoms with van der Waals surface area (Å²) in [7, 11) is -2.57. The van der Waals surface area contributed by atoms with Crippen LogP contribution in [0, 0.1) is 20.8 Å². The van der Waals surface area contributed by atoms with E-state index in [1.165, 1.54) is 7.11 Å². The number of H-pyrrole nitrogens is 1. The van der Waals surface area contributed by atoms with Gasteiger partial charge < -0.3 is 10.1 Å². The van der Waals surface area contributed by atoms with Crippen molar-refractivity contribution in [2.75, 3.05) is 17.1 Å². The quantitative estimate of drug-likeness (QED) is 0.572. The molecule has 1 heterocycles. The fourth-order valence-corrected chi connectivity index (χ4v) is 4.01. The van der Waals surface area contributed by atoms with Gasteiger partial charge in [0.25, 0.3) is 15.9 Å². The van der Waals surface area contributed by atoms with Gasteiger partial charge in [-0.2, -0.15) is 13.5 Å². The monoisotopic (exact) mass is 414 g/mol. The number of amides is 1. The van der Waals surface area contributed by atoms with E-state index >= 15 is 0 Å². The summed E-state index contributed by atoms with van der Waals surface area (Å²) in [6, 6.07) is 12.0.